The molecule has 0 radical (unpaired) electrons. The number of rotatable bonds is 10. The maximum Gasteiger partial charge on any atom is 0.262 e. The van der Waals surface area contributed by atoms with Gasteiger partial charge in [0.1, 0.15) is 12.7 Å². The Morgan fingerprint density at radius 3 is 2.78 bits per heavy atom. The van der Waals surface area contributed by atoms with Crippen LogP contribution >= 0.6 is 11.8 Å². The molecule has 0 spiro atoms. The Kier molecular flexibility index (Phi) is 6.59. The summed E-state index contributed by atoms with van der Waals surface area (Å²) < 4.78 is 3.49. The van der Waals surface area contributed by atoms with Crippen LogP contribution in [0.2, 0.25) is 0 Å². The second-order valence-electron chi connectivity index (χ2n) is 6.15. The van der Waals surface area contributed by atoms with Crippen LogP contribution in [-0.2, 0) is 17.9 Å². The highest BCUT2D eigenvalue weighted by Crippen LogP contribution is 2.19. The Bertz CT molecular complexity index is 954. The number of primary amides is 1. The number of nitrogens with two attached hydrogens (primary N) is 1. The fourth-order valence-corrected chi connectivity index (χ4v) is 3.73. The van der Waals surface area contributed by atoms with Gasteiger partial charge in [-0.1, -0.05) is 30.3 Å². The number of hydrogen-bond donors (Lipinski definition) is 1. The van der Waals surface area contributed by atoms with E-state index in [1.807, 2.05) is 18.2 Å². The summed E-state index contributed by atoms with van der Waals surface area (Å²) in [7, 11) is 0. The van der Waals surface area contributed by atoms with Crippen molar-refractivity contribution in [2.75, 3.05) is 5.75 Å². The van der Waals surface area contributed by atoms with Crippen molar-refractivity contribution in [2.24, 2.45) is 5.73 Å². The lowest BCUT2D eigenvalue weighted by atomic mass is 10.2. The predicted molar refractivity (Wildman–Crippen MR) is 104 cm³/mol. The van der Waals surface area contributed by atoms with Gasteiger partial charge >= 0.3 is 0 Å². The van der Waals surface area contributed by atoms with Gasteiger partial charge in [0.25, 0.3) is 5.56 Å². The van der Waals surface area contributed by atoms with Gasteiger partial charge in [-0.3, -0.25) is 18.8 Å². The molecule has 0 atom stereocenters. The number of carbonyl (C=O) groups is 1. The number of benzene rings is 1. The molecule has 0 aliphatic rings. The van der Waals surface area contributed by atoms with E-state index in [0.29, 0.717) is 35.6 Å². The molecule has 0 aliphatic heterocycles. The van der Waals surface area contributed by atoms with Gasteiger partial charge in [-0.15, -0.1) is 0 Å². The van der Waals surface area contributed by atoms with Crippen LogP contribution in [-0.4, -0.2) is 36.0 Å². The molecule has 9 heteroatoms. The maximum absolute atomic E-state index is 12.9. The van der Waals surface area contributed by atoms with Gasteiger partial charge in [0.15, 0.2) is 5.16 Å². The van der Waals surface area contributed by atoms with Crippen molar-refractivity contribution >= 4 is 28.6 Å². The molecular formula is C18H22N6O2S. The summed E-state index contributed by atoms with van der Waals surface area (Å²) in [6, 6.07) is 7.39. The highest BCUT2D eigenvalue weighted by atomic mass is 32.2. The number of para-hydroxylation sites is 1. The first-order valence-corrected chi connectivity index (χ1v) is 9.87. The zero-order valence-corrected chi connectivity index (χ0v) is 15.8. The van der Waals surface area contributed by atoms with Gasteiger partial charge < -0.3 is 5.73 Å². The Morgan fingerprint density at radius 1 is 1.15 bits per heavy atom. The van der Waals surface area contributed by atoms with Gasteiger partial charge in [-0.25, -0.2) is 9.97 Å². The number of hydrogen-bond acceptors (Lipinski definition) is 6. The molecule has 0 bridgehead atoms. The zero-order chi connectivity index (χ0) is 19.1. The maximum atomic E-state index is 12.9. The zero-order valence-electron chi connectivity index (χ0n) is 15.0. The molecule has 0 aliphatic carbocycles. The smallest absolute Gasteiger partial charge is 0.262 e. The lowest BCUT2D eigenvalue weighted by molar-refractivity contribution is -0.118. The second kappa shape index (κ2) is 9.31. The summed E-state index contributed by atoms with van der Waals surface area (Å²) in [6.45, 7) is 1.26. The molecule has 27 heavy (non-hydrogen) atoms. The van der Waals surface area contributed by atoms with Crippen LogP contribution < -0.4 is 11.3 Å². The van der Waals surface area contributed by atoms with Crippen molar-refractivity contribution in [1.82, 2.24) is 24.3 Å². The number of thioether (sulfide) groups is 1. The fourth-order valence-electron chi connectivity index (χ4n) is 2.78. The second-order valence-corrected chi connectivity index (χ2v) is 7.21. The van der Waals surface area contributed by atoms with Crippen LogP contribution in [0.5, 0.6) is 0 Å². The number of fused-ring (bicyclic) bond motifs is 1. The minimum atomic E-state index is -0.288. The molecule has 0 saturated heterocycles. The van der Waals surface area contributed by atoms with Crippen molar-refractivity contribution in [1.29, 1.82) is 0 Å². The largest absolute Gasteiger partial charge is 0.370 e. The topological polar surface area (TPSA) is 109 Å². The summed E-state index contributed by atoms with van der Waals surface area (Å²) in [4.78, 5) is 32.4. The lowest BCUT2D eigenvalue weighted by Crippen LogP contribution is -2.23. The van der Waals surface area contributed by atoms with Crippen molar-refractivity contribution in [2.45, 2.75) is 43.9 Å². The van der Waals surface area contributed by atoms with Crippen LogP contribution in [0.25, 0.3) is 10.9 Å². The highest BCUT2D eigenvalue weighted by Gasteiger charge is 2.11. The number of amides is 1. The molecule has 2 aromatic heterocycles. The molecule has 142 valence electrons. The summed E-state index contributed by atoms with van der Waals surface area (Å²) in [5.41, 5.74) is 5.85. The monoisotopic (exact) mass is 386 g/mol. The van der Waals surface area contributed by atoms with Gasteiger partial charge in [0, 0.05) is 18.7 Å². The van der Waals surface area contributed by atoms with Crippen molar-refractivity contribution in [3.05, 3.63) is 47.3 Å². The van der Waals surface area contributed by atoms with Crippen LogP contribution in [0, 0.1) is 0 Å². The Morgan fingerprint density at radius 2 is 2.00 bits per heavy atom. The summed E-state index contributed by atoms with van der Waals surface area (Å²) in [6.07, 6.45) is 5.92. The summed E-state index contributed by atoms with van der Waals surface area (Å²) in [5, 5.41) is 5.41. The Balaban J connectivity index is 1.74. The van der Waals surface area contributed by atoms with Crippen molar-refractivity contribution in [3.8, 4) is 0 Å². The number of unbranched alkanes of at least 4 members (excludes halogenated alkanes) is 2. The van der Waals surface area contributed by atoms with Crippen LogP contribution in [0.3, 0.4) is 0 Å². The van der Waals surface area contributed by atoms with Gasteiger partial charge in [0.2, 0.25) is 5.91 Å². The Labute approximate surface area is 160 Å². The van der Waals surface area contributed by atoms with Crippen molar-refractivity contribution < 1.29 is 4.79 Å². The third-order valence-corrected chi connectivity index (χ3v) is 5.11. The SMILES string of the molecule is NC(=O)CCCCCn1c(SCCn2cncn2)nc2ccccc2c1=O. The van der Waals surface area contributed by atoms with E-state index in [0.717, 1.165) is 25.0 Å². The van der Waals surface area contributed by atoms with Gasteiger partial charge in [0.05, 0.1) is 17.4 Å². The normalized spacial score (nSPS) is 11.1. The average molecular weight is 386 g/mol. The minimum absolute atomic E-state index is 0.0289. The number of carbonyl (C=O) groups excluding carboxylic acids is 1. The molecule has 1 aromatic carbocycles. The first-order valence-electron chi connectivity index (χ1n) is 8.88. The number of nitrogens with zero attached hydrogens (tertiary/aromatic N) is 5. The van der Waals surface area contributed by atoms with Crippen LogP contribution in [0.1, 0.15) is 25.7 Å². The van der Waals surface area contributed by atoms with E-state index in [1.165, 1.54) is 18.1 Å². The van der Waals surface area contributed by atoms with E-state index in [-0.39, 0.29) is 11.5 Å². The Hall–Kier alpha value is -2.68. The van der Waals surface area contributed by atoms with E-state index in [9.17, 15) is 9.59 Å². The highest BCUT2D eigenvalue weighted by molar-refractivity contribution is 7.99. The predicted octanol–water partition coefficient (Wildman–Crippen LogP) is 1.83. The van der Waals surface area contributed by atoms with Crippen molar-refractivity contribution in [3.63, 3.8) is 0 Å². The molecule has 2 N–H and O–H groups in total. The van der Waals surface area contributed by atoms with Gasteiger partial charge in [-0.05, 0) is 25.0 Å². The molecule has 3 aromatic rings. The average Bonchev–Trinajstić information content (AvgIpc) is 3.17. The molecule has 0 saturated carbocycles. The molecule has 0 fully saturated rings. The molecule has 0 unspecified atom stereocenters. The third-order valence-electron chi connectivity index (χ3n) is 4.15. The van der Waals surface area contributed by atoms with E-state index in [1.54, 1.807) is 21.6 Å². The summed E-state index contributed by atoms with van der Waals surface area (Å²) >= 11 is 1.53. The molecule has 8 nitrogen and oxygen atoms in total. The number of aryl methyl sites for hydroxylation is 1. The van der Waals surface area contributed by atoms with E-state index >= 15 is 0 Å². The third kappa shape index (κ3) is 5.16. The van der Waals surface area contributed by atoms with E-state index in [4.69, 9.17) is 5.73 Å². The molecular weight excluding hydrogens is 364 g/mol. The summed E-state index contributed by atoms with van der Waals surface area (Å²) in [5.74, 6) is 0.444. The molecule has 3 rings (SSSR count). The minimum Gasteiger partial charge on any atom is -0.370 e. The number of aromatic nitrogens is 5. The standard InChI is InChI=1S/C18H22N6O2S/c19-16(25)8-2-1-5-9-24-17(26)14-6-3-4-7-15(14)22-18(24)27-11-10-23-13-20-12-21-23/h3-4,6-7,12-13H,1-2,5,8-11H2,(H2,19,25). The lowest BCUT2D eigenvalue weighted by Gasteiger charge is -2.13. The van der Waals surface area contributed by atoms with E-state index < -0.39 is 0 Å². The first-order chi connectivity index (χ1) is 13.1. The first kappa shape index (κ1) is 19.1. The van der Waals surface area contributed by atoms with Crippen LogP contribution in [0.15, 0.2) is 46.9 Å². The van der Waals surface area contributed by atoms with Crippen LogP contribution in [0.4, 0.5) is 0 Å². The van der Waals surface area contributed by atoms with Gasteiger partial charge in [-0.2, -0.15) is 5.10 Å². The molecule has 1 amide bonds. The van der Waals surface area contributed by atoms with E-state index in [2.05, 4.69) is 15.1 Å². The fraction of sp³-hybridized carbons (Fsp3) is 0.389. The quantitative estimate of drug-likeness (QED) is 0.323. The molecule has 2 heterocycles.